The van der Waals surface area contributed by atoms with Gasteiger partial charge >= 0.3 is 0 Å². The third-order valence-corrected chi connectivity index (χ3v) is 2.16. The molecular weight excluding hydrogens is 259 g/mol. The van der Waals surface area contributed by atoms with Crippen LogP contribution in [0.2, 0.25) is 0 Å². The van der Waals surface area contributed by atoms with Gasteiger partial charge < -0.3 is 0 Å². The molecule has 0 N–H and O–H groups in total. The summed E-state index contributed by atoms with van der Waals surface area (Å²) in [5.74, 6) is 0. The quantitative estimate of drug-likeness (QED) is 0.598. The largest absolute Gasteiger partial charge is 0.193 e. The van der Waals surface area contributed by atoms with Gasteiger partial charge in [-0.25, -0.2) is 0 Å². The van der Waals surface area contributed by atoms with E-state index < -0.39 is 0 Å². The van der Waals surface area contributed by atoms with Crippen LogP contribution >= 0.6 is 0 Å². The summed E-state index contributed by atoms with van der Waals surface area (Å²) in [5, 5.41) is 8.52. The van der Waals surface area contributed by atoms with Crippen LogP contribution in [0.4, 0.5) is 0 Å². The van der Waals surface area contributed by atoms with Crippen molar-refractivity contribution in [1.29, 1.82) is 5.26 Å². The van der Waals surface area contributed by atoms with E-state index in [1.54, 1.807) is 0 Å². The molecule has 0 spiro atoms. The van der Waals surface area contributed by atoms with Crippen LogP contribution in [0.1, 0.15) is 23.6 Å². The Morgan fingerprint density at radius 2 is 2.20 bits per heavy atom. The third-order valence-electron chi connectivity index (χ3n) is 2.16. The van der Waals surface area contributed by atoms with Crippen molar-refractivity contribution in [1.82, 2.24) is 0 Å². The summed E-state index contributed by atoms with van der Waals surface area (Å²) in [6.07, 6.45) is 4.41. The topological polar surface area (TPSA) is 23.8 Å². The molecule has 1 aromatic carbocycles. The predicted octanol–water partition coefficient (Wildman–Crippen LogP) is 3.26. The maximum atomic E-state index is 8.52. The van der Waals surface area contributed by atoms with Gasteiger partial charge in [0.25, 0.3) is 0 Å². The van der Waals surface area contributed by atoms with Crippen molar-refractivity contribution in [2.75, 3.05) is 0 Å². The number of hydrogen-bond donors (Lipinski definition) is 0. The molecular formula is C13H12NY-. The first kappa shape index (κ1) is 14.3. The molecule has 0 fully saturated rings. The average molecular weight is 271 g/mol. The van der Waals surface area contributed by atoms with Crippen molar-refractivity contribution < 1.29 is 32.7 Å². The van der Waals surface area contributed by atoms with E-state index in [1.165, 1.54) is 6.08 Å². The Kier molecular flexibility index (Phi) is 6.40. The molecule has 0 aromatic heterocycles. The van der Waals surface area contributed by atoms with Crippen LogP contribution in [0.5, 0.6) is 0 Å². The minimum Gasteiger partial charge on any atom is -0.193 e. The van der Waals surface area contributed by atoms with Crippen molar-refractivity contribution >= 4 is 5.57 Å². The summed E-state index contributed by atoms with van der Waals surface area (Å²) in [6.45, 7) is 7.56. The van der Waals surface area contributed by atoms with Gasteiger partial charge in [-0.1, -0.05) is 18.6 Å². The number of benzene rings is 1. The molecule has 0 amide bonds. The Bertz CT molecular complexity index is 425. The summed E-state index contributed by atoms with van der Waals surface area (Å²) in [7, 11) is 0. The van der Waals surface area contributed by atoms with E-state index in [9.17, 15) is 0 Å². The standard InChI is InChI=1S/C13H12N.Y/c1-4-12-9-13(6-5-10(12)2)11(3)7-8-14;/h5-7,9H,1H2,2-3H3;/q-1;/b11-7+;. The molecule has 1 aromatic rings. The summed E-state index contributed by atoms with van der Waals surface area (Å²) in [4.78, 5) is 0. The first-order valence-corrected chi connectivity index (χ1v) is 4.39. The molecule has 0 atom stereocenters. The molecule has 0 saturated heterocycles. The Hall–Kier alpha value is -0.706. The van der Waals surface area contributed by atoms with Crippen molar-refractivity contribution in [2.24, 2.45) is 0 Å². The molecule has 0 aliphatic rings. The van der Waals surface area contributed by atoms with E-state index in [2.05, 4.69) is 12.7 Å². The number of allylic oxidation sites excluding steroid dienone is 2. The second-order valence-corrected chi connectivity index (χ2v) is 3.16. The summed E-state index contributed by atoms with van der Waals surface area (Å²) in [5.41, 5.74) is 4.15. The van der Waals surface area contributed by atoms with Crippen LogP contribution in [0.3, 0.4) is 0 Å². The Labute approximate surface area is 116 Å². The molecule has 73 valence electrons. The summed E-state index contributed by atoms with van der Waals surface area (Å²) in [6, 6.07) is 8.02. The molecule has 0 aliphatic heterocycles. The molecule has 1 rings (SSSR count). The van der Waals surface area contributed by atoms with Crippen LogP contribution in [0, 0.1) is 24.3 Å². The zero-order valence-corrected chi connectivity index (χ0v) is 11.9. The fourth-order valence-corrected chi connectivity index (χ4v) is 1.24. The van der Waals surface area contributed by atoms with E-state index >= 15 is 0 Å². The van der Waals surface area contributed by atoms with E-state index in [4.69, 9.17) is 5.26 Å². The summed E-state index contributed by atoms with van der Waals surface area (Å²) >= 11 is 0. The van der Waals surface area contributed by atoms with Gasteiger partial charge in [-0.05, 0) is 12.5 Å². The van der Waals surface area contributed by atoms with Crippen molar-refractivity contribution in [3.8, 4) is 6.07 Å². The normalized spacial score (nSPS) is 10.1. The molecule has 1 nitrogen and oxygen atoms in total. The van der Waals surface area contributed by atoms with Gasteiger partial charge in [0.1, 0.15) is 0 Å². The monoisotopic (exact) mass is 271 g/mol. The smallest absolute Gasteiger partial charge is 0.0914 e. The molecule has 2 heteroatoms. The van der Waals surface area contributed by atoms with E-state index in [0.717, 1.165) is 22.3 Å². The number of nitriles is 1. The predicted molar refractivity (Wildman–Crippen MR) is 58.4 cm³/mol. The van der Waals surface area contributed by atoms with Crippen LogP contribution in [-0.2, 0) is 32.7 Å². The first-order valence-electron chi connectivity index (χ1n) is 4.39. The maximum absolute atomic E-state index is 8.52. The maximum Gasteiger partial charge on any atom is 0.0914 e. The van der Waals surface area contributed by atoms with Crippen molar-refractivity contribution in [3.05, 3.63) is 53.6 Å². The van der Waals surface area contributed by atoms with Gasteiger partial charge in [-0.15, -0.1) is 6.07 Å². The van der Waals surface area contributed by atoms with Gasteiger partial charge in [-0.2, -0.15) is 35.1 Å². The van der Waals surface area contributed by atoms with Gasteiger partial charge in [0, 0.05) is 38.8 Å². The van der Waals surface area contributed by atoms with E-state index in [-0.39, 0.29) is 32.7 Å². The second-order valence-electron chi connectivity index (χ2n) is 3.16. The Morgan fingerprint density at radius 3 is 2.73 bits per heavy atom. The zero-order chi connectivity index (χ0) is 10.6. The summed E-state index contributed by atoms with van der Waals surface area (Å²) < 4.78 is 0. The molecule has 0 heterocycles. The van der Waals surface area contributed by atoms with Crippen LogP contribution < -0.4 is 0 Å². The average Bonchev–Trinajstić information content (AvgIpc) is 2.19. The Morgan fingerprint density at radius 1 is 1.53 bits per heavy atom. The fraction of sp³-hybridized carbons (Fsp3) is 0.154. The minimum atomic E-state index is 0. The van der Waals surface area contributed by atoms with Crippen LogP contribution in [0.15, 0.2) is 30.9 Å². The van der Waals surface area contributed by atoms with Crippen LogP contribution in [-0.4, -0.2) is 0 Å². The number of aryl methyl sites for hydroxylation is 1. The van der Waals surface area contributed by atoms with Crippen molar-refractivity contribution in [3.63, 3.8) is 0 Å². The molecule has 0 bridgehead atoms. The number of rotatable bonds is 2. The van der Waals surface area contributed by atoms with Crippen molar-refractivity contribution in [2.45, 2.75) is 13.8 Å². The fourth-order valence-electron chi connectivity index (χ4n) is 1.24. The molecule has 0 saturated carbocycles. The molecule has 0 unspecified atom stereocenters. The Balaban J connectivity index is 0.00000196. The molecule has 1 radical (unpaired) electrons. The van der Waals surface area contributed by atoms with Gasteiger partial charge in [-0.3, -0.25) is 0 Å². The minimum absolute atomic E-state index is 0. The van der Waals surface area contributed by atoms with Gasteiger partial charge in [0.2, 0.25) is 0 Å². The van der Waals surface area contributed by atoms with Crippen LogP contribution in [0.25, 0.3) is 5.57 Å². The zero-order valence-electron chi connectivity index (χ0n) is 9.04. The molecule has 0 aliphatic carbocycles. The van der Waals surface area contributed by atoms with E-state index in [0.29, 0.717) is 0 Å². The second kappa shape index (κ2) is 6.72. The number of hydrogen-bond acceptors (Lipinski definition) is 1. The third kappa shape index (κ3) is 3.74. The number of nitrogens with zero attached hydrogens (tertiary/aromatic N) is 1. The van der Waals surface area contributed by atoms with Gasteiger partial charge in [0.15, 0.2) is 0 Å². The van der Waals surface area contributed by atoms with Gasteiger partial charge in [0.05, 0.1) is 6.07 Å². The van der Waals surface area contributed by atoms with E-state index in [1.807, 2.05) is 38.1 Å². The molecule has 15 heavy (non-hydrogen) atoms. The first-order chi connectivity index (χ1) is 6.69. The SMILES string of the molecule is C=[C-]c1cc(/C(C)=C/C#N)ccc1C.[Y].